The van der Waals surface area contributed by atoms with Crippen molar-refractivity contribution in [2.75, 3.05) is 5.75 Å². The van der Waals surface area contributed by atoms with Crippen LogP contribution < -0.4 is 0 Å². The van der Waals surface area contributed by atoms with Crippen molar-refractivity contribution in [1.82, 2.24) is 0 Å². The fraction of sp³-hybridized carbons (Fsp3) is 0.917. The van der Waals surface area contributed by atoms with E-state index in [1.54, 1.807) is 11.8 Å². The molecule has 0 N–H and O–H groups in total. The Kier molecular flexibility index (Phi) is 6.50. The first-order valence-corrected chi connectivity index (χ1v) is 6.53. The smallest absolute Gasteiger partial charge is 0.143 e. The third-order valence-corrected chi connectivity index (χ3v) is 3.67. The molecule has 0 atom stereocenters. The highest BCUT2D eigenvalue weighted by Gasteiger charge is 2.15. The van der Waals surface area contributed by atoms with E-state index in [9.17, 15) is 4.79 Å². The van der Waals surface area contributed by atoms with Crippen LogP contribution in [0.25, 0.3) is 0 Å². The first-order valence-electron chi connectivity index (χ1n) is 5.54. The summed E-state index contributed by atoms with van der Waals surface area (Å²) in [5.41, 5.74) is 0. The maximum atomic E-state index is 11.6. The quantitative estimate of drug-likeness (QED) is 0.669. The number of thioether (sulfide) groups is 1. The summed E-state index contributed by atoms with van der Waals surface area (Å²) in [7, 11) is 0. The van der Waals surface area contributed by atoms with Crippen molar-refractivity contribution >= 4 is 17.5 Å². The van der Waals surface area contributed by atoms with Gasteiger partial charge in [0.05, 0.1) is 5.75 Å². The van der Waals surface area contributed by atoms with E-state index in [0.29, 0.717) is 17.5 Å². The second kappa shape index (κ2) is 6.49. The highest BCUT2D eigenvalue weighted by atomic mass is 32.2. The summed E-state index contributed by atoms with van der Waals surface area (Å²) in [6.45, 7) is 10.8. The predicted molar refractivity (Wildman–Crippen MR) is 65.9 cm³/mol. The van der Waals surface area contributed by atoms with Gasteiger partial charge in [0, 0.05) is 11.2 Å². The minimum atomic E-state index is 0.212. The van der Waals surface area contributed by atoms with Gasteiger partial charge in [-0.05, 0) is 5.92 Å². The third kappa shape index (κ3) is 7.43. The highest BCUT2D eigenvalue weighted by molar-refractivity contribution is 8.01. The largest absolute Gasteiger partial charge is 0.299 e. The molecule has 1 nitrogen and oxygen atoms in total. The van der Waals surface area contributed by atoms with Crippen LogP contribution in [0.3, 0.4) is 0 Å². The van der Waals surface area contributed by atoms with Gasteiger partial charge >= 0.3 is 0 Å². The van der Waals surface area contributed by atoms with Crippen LogP contribution in [0.2, 0.25) is 0 Å². The summed E-state index contributed by atoms with van der Waals surface area (Å²) >= 11 is 1.76. The van der Waals surface area contributed by atoms with Crippen LogP contribution in [-0.2, 0) is 4.79 Å². The molecule has 0 aliphatic heterocycles. The van der Waals surface area contributed by atoms with Crippen LogP contribution in [-0.4, -0.2) is 16.3 Å². The van der Waals surface area contributed by atoms with Gasteiger partial charge in [-0.3, -0.25) is 4.79 Å². The Morgan fingerprint density at radius 1 is 1.21 bits per heavy atom. The standard InChI is InChI=1S/C12H24OS/c1-6-10(7-2)8-11(13)9-14-12(3,4)5/h10H,6-9H2,1-5H3. The van der Waals surface area contributed by atoms with Crippen molar-refractivity contribution in [1.29, 1.82) is 0 Å². The lowest BCUT2D eigenvalue weighted by Crippen LogP contribution is -2.15. The Balaban J connectivity index is 3.75. The van der Waals surface area contributed by atoms with Crippen molar-refractivity contribution in [3.05, 3.63) is 0 Å². The number of hydrogen-bond acceptors (Lipinski definition) is 2. The maximum absolute atomic E-state index is 11.6. The van der Waals surface area contributed by atoms with Crippen LogP contribution in [0, 0.1) is 5.92 Å². The van der Waals surface area contributed by atoms with Gasteiger partial charge in [-0.2, -0.15) is 0 Å². The van der Waals surface area contributed by atoms with Gasteiger partial charge < -0.3 is 0 Å². The van der Waals surface area contributed by atoms with E-state index in [1.807, 2.05) is 0 Å². The lowest BCUT2D eigenvalue weighted by Gasteiger charge is -2.18. The van der Waals surface area contributed by atoms with E-state index in [2.05, 4.69) is 34.6 Å². The molecule has 0 aromatic rings. The number of Topliss-reactive ketones (excluding diaryl/α,β-unsaturated/α-hetero) is 1. The van der Waals surface area contributed by atoms with Gasteiger partial charge in [0.15, 0.2) is 0 Å². The summed E-state index contributed by atoms with van der Waals surface area (Å²) in [4.78, 5) is 11.6. The Hall–Kier alpha value is 0.0200. The summed E-state index contributed by atoms with van der Waals surface area (Å²) < 4.78 is 0.212. The Morgan fingerprint density at radius 2 is 1.71 bits per heavy atom. The minimum Gasteiger partial charge on any atom is -0.299 e. The van der Waals surface area contributed by atoms with E-state index in [1.165, 1.54) is 0 Å². The molecule has 0 spiro atoms. The molecule has 0 saturated carbocycles. The van der Waals surface area contributed by atoms with Gasteiger partial charge in [-0.15, -0.1) is 11.8 Å². The highest BCUT2D eigenvalue weighted by Crippen LogP contribution is 2.24. The SMILES string of the molecule is CCC(CC)CC(=O)CSC(C)(C)C. The maximum Gasteiger partial charge on any atom is 0.143 e. The molecule has 0 bridgehead atoms. The van der Waals surface area contributed by atoms with Crippen LogP contribution in [0.4, 0.5) is 0 Å². The van der Waals surface area contributed by atoms with E-state index >= 15 is 0 Å². The molecule has 0 aromatic heterocycles. The lowest BCUT2D eigenvalue weighted by atomic mass is 9.98. The molecule has 0 rings (SSSR count). The molecule has 0 aliphatic rings. The fourth-order valence-electron chi connectivity index (χ4n) is 1.26. The lowest BCUT2D eigenvalue weighted by molar-refractivity contribution is -0.117. The van der Waals surface area contributed by atoms with E-state index < -0.39 is 0 Å². The molecule has 0 unspecified atom stereocenters. The topological polar surface area (TPSA) is 17.1 Å². The molecular formula is C12H24OS. The molecule has 0 aromatic carbocycles. The van der Waals surface area contributed by atoms with Gasteiger partial charge in [0.25, 0.3) is 0 Å². The molecule has 0 radical (unpaired) electrons. The van der Waals surface area contributed by atoms with E-state index in [-0.39, 0.29) is 4.75 Å². The molecule has 0 fully saturated rings. The normalized spacial score (nSPS) is 12.1. The number of carbonyl (C=O) groups is 1. The van der Waals surface area contributed by atoms with Gasteiger partial charge in [-0.25, -0.2) is 0 Å². The molecule has 84 valence electrons. The van der Waals surface area contributed by atoms with Crippen molar-refractivity contribution in [3.63, 3.8) is 0 Å². The zero-order valence-corrected chi connectivity index (χ0v) is 11.0. The second-order valence-electron chi connectivity index (χ2n) is 4.83. The van der Waals surface area contributed by atoms with Crippen molar-refractivity contribution in [2.24, 2.45) is 5.92 Å². The zero-order chi connectivity index (χ0) is 11.2. The molecular weight excluding hydrogens is 192 g/mol. The number of rotatable bonds is 6. The Bertz CT molecular complexity index is 166. The summed E-state index contributed by atoms with van der Waals surface area (Å²) in [5.74, 6) is 1.70. The predicted octanol–water partition coefficient (Wildman–Crippen LogP) is 3.91. The first kappa shape index (κ1) is 14.0. The summed E-state index contributed by atoms with van der Waals surface area (Å²) in [6, 6.07) is 0. The van der Waals surface area contributed by atoms with Crippen molar-refractivity contribution in [2.45, 2.75) is 58.6 Å². The van der Waals surface area contributed by atoms with Gasteiger partial charge in [-0.1, -0.05) is 47.5 Å². The minimum absolute atomic E-state index is 0.212. The van der Waals surface area contributed by atoms with Crippen molar-refractivity contribution < 1.29 is 4.79 Å². The van der Waals surface area contributed by atoms with Crippen molar-refractivity contribution in [3.8, 4) is 0 Å². The number of ketones is 1. The average molecular weight is 216 g/mol. The Labute approximate surface area is 93.0 Å². The first-order chi connectivity index (χ1) is 6.39. The van der Waals surface area contributed by atoms with Crippen LogP contribution >= 0.6 is 11.8 Å². The molecule has 0 saturated heterocycles. The van der Waals surface area contributed by atoms with E-state index in [4.69, 9.17) is 0 Å². The molecule has 14 heavy (non-hydrogen) atoms. The fourth-order valence-corrected chi connectivity index (χ4v) is 1.97. The average Bonchev–Trinajstić information content (AvgIpc) is 2.09. The summed E-state index contributed by atoms with van der Waals surface area (Å²) in [6.07, 6.45) is 3.03. The molecule has 0 heterocycles. The number of hydrogen-bond donors (Lipinski definition) is 0. The van der Waals surface area contributed by atoms with Gasteiger partial charge in [0.2, 0.25) is 0 Å². The molecule has 2 heteroatoms. The second-order valence-corrected chi connectivity index (χ2v) is 6.63. The van der Waals surface area contributed by atoms with Crippen LogP contribution in [0.5, 0.6) is 0 Å². The monoisotopic (exact) mass is 216 g/mol. The van der Waals surface area contributed by atoms with Gasteiger partial charge in [0.1, 0.15) is 5.78 Å². The zero-order valence-electron chi connectivity index (χ0n) is 10.2. The van der Waals surface area contributed by atoms with Crippen LogP contribution in [0.15, 0.2) is 0 Å². The van der Waals surface area contributed by atoms with E-state index in [0.717, 1.165) is 19.3 Å². The van der Waals surface area contributed by atoms with Crippen LogP contribution in [0.1, 0.15) is 53.9 Å². The third-order valence-electron chi connectivity index (χ3n) is 2.34. The molecule has 0 aliphatic carbocycles. The molecule has 0 amide bonds. The summed E-state index contributed by atoms with van der Waals surface area (Å²) in [5, 5.41) is 0. The number of carbonyl (C=O) groups excluding carboxylic acids is 1. The Morgan fingerprint density at radius 3 is 2.07 bits per heavy atom.